The summed E-state index contributed by atoms with van der Waals surface area (Å²) in [5.41, 5.74) is 2.73. The average molecular weight is 277 g/mol. The molecule has 1 aliphatic carbocycles. The van der Waals surface area contributed by atoms with Crippen LogP contribution in [0.15, 0.2) is 6.07 Å². The lowest BCUT2D eigenvalue weighted by Gasteiger charge is -2.29. The van der Waals surface area contributed by atoms with Crippen molar-refractivity contribution in [1.82, 2.24) is 15.1 Å². The minimum atomic E-state index is 0.208. The van der Waals surface area contributed by atoms with Crippen LogP contribution >= 0.6 is 0 Å². The highest BCUT2D eigenvalue weighted by Gasteiger charge is 2.27. The maximum Gasteiger partial charge on any atom is 0.0596 e. The van der Waals surface area contributed by atoms with Gasteiger partial charge in [-0.05, 0) is 58.6 Å². The Bertz CT molecular complexity index is 422. The van der Waals surface area contributed by atoms with Crippen LogP contribution in [0.25, 0.3) is 0 Å². The molecule has 1 fully saturated rings. The molecule has 0 amide bonds. The van der Waals surface area contributed by atoms with Gasteiger partial charge >= 0.3 is 0 Å². The number of nitrogens with zero attached hydrogens (tertiary/aromatic N) is 2. The summed E-state index contributed by atoms with van der Waals surface area (Å²) in [6, 6.07) is 2.25. The van der Waals surface area contributed by atoms with E-state index in [2.05, 4.69) is 55.9 Å². The minimum absolute atomic E-state index is 0.208. The Morgan fingerprint density at radius 2 is 2.00 bits per heavy atom. The number of nitrogens with one attached hydrogen (secondary N) is 1. The minimum Gasteiger partial charge on any atom is -0.312 e. The highest BCUT2D eigenvalue weighted by molar-refractivity contribution is 5.10. The van der Waals surface area contributed by atoms with E-state index in [9.17, 15) is 0 Å². The van der Waals surface area contributed by atoms with Gasteiger partial charge in [-0.1, -0.05) is 25.7 Å². The van der Waals surface area contributed by atoms with E-state index in [0.29, 0.717) is 0 Å². The molecule has 20 heavy (non-hydrogen) atoms. The van der Waals surface area contributed by atoms with Gasteiger partial charge in [0.25, 0.3) is 0 Å². The second-order valence-electron chi connectivity index (χ2n) is 7.54. The van der Waals surface area contributed by atoms with Crippen molar-refractivity contribution in [3.05, 3.63) is 17.5 Å². The topological polar surface area (TPSA) is 29.9 Å². The zero-order chi connectivity index (χ0) is 14.8. The number of rotatable bonds is 5. The third-order valence-corrected chi connectivity index (χ3v) is 4.53. The first-order valence-electron chi connectivity index (χ1n) is 8.10. The van der Waals surface area contributed by atoms with Gasteiger partial charge in [-0.25, -0.2) is 0 Å². The van der Waals surface area contributed by atoms with Gasteiger partial charge in [0.1, 0.15) is 0 Å². The molecule has 0 spiro atoms. The van der Waals surface area contributed by atoms with E-state index < -0.39 is 0 Å². The van der Waals surface area contributed by atoms with E-state index in [0.717, 1.165) is 30.5 Å². The Balaban J connectivity index is 2.03. The van der Waals surface area contributed by atoms with Crippen molar-refractivity contribution in [1.29, 1.82) is 0 Å². The van der Waals surface area contributed by atoms with Crippen LogP contribution in [0.2, 0.25) is 0 Å². The molecule has 1 unspecified atom stereocenters. The third-order valence-electron chi connectivity index (χ3n) is 4.53. The fraction of sp³-hybridized carbons (Fsp3) is 0.824. The molecule has 0 saturated heterocycles. The van der Waals surface area contributed by atoms with Crippen molar-refractivity contribution in [3.63, 3.8) is 0 Å². The molecule has 3 heteroatoms. The first-order chi connectivity index (χ1) is 9.35. The van der Waals surface area contributed by atoms with E-state index in [4.69, 9.17) is 0 Å². The Kier molecular flexibility index (Phi) is 4.90. The van der Waals surface area contributed by atoms with Gasteiger partial charge in [-0.3, -0.25) is 4.68 Å². The van der Waals surface area contributed by atoms with E-state index in [1.54, 1.807) is 0 Å². The Hall–Kier alpha value is -0.830. The summed E-state index contributed by atoms with van der Waals surface area (Å²) in [6.45, 7) is 9.98. The summed E-state index contributed by atoms with van der Waals surface area (Å²) in [7, 11) is 2.07. The molecule has 114 valence electrons. The molecule has 0 radical (unpaired) electrons. The van der Waals surface area contributed by atoms with Gasteiger partial charge in [0, 0.05) is 18.3 Å². The molecule has 2 rings (SSSR count). The Labute approximate surface area is 124 Å². The van der Waals surface area contributed by atoms with Crippen molar-refractivity contribution in [2.24, 2.45) is 18.9 Å². The van der Waals surface area contributed by atoms with E-state index >= 15 is 0 Å². The third kappa shape index (κ3) is 4.34. The van der Waals surface area contributed by atoms with Crippen LogP contribution in [0, 0.1) is 18.8 Å². The van der Waals surface area contributed by atoms with Crippen molar-refractivity contribution in [2.75, 3.05) is 6.54 Å². The van der Waals surface area contributed by atoms with Crippen LogP contribution in [0.5, 0.6) is 0 Å². The number of hydrogen-bond acceptors (Lipinski definition) is 2. The predicted molar refractivity (Wildman–Crippen MR) is 84.9 cm³/mol. The SMILES string of the molecule is Cc1cc(CC(CNC(C)(C)C)C2CCCC2)n(C)n1. The smallest absolute Gasteiger partial charge is 0.0596 e. The quantitative estimate of drug-likeness (QED) is 0.893. The number of aromatic nitrogens is 2. The Morgan fingerprint density at radius 3 is 2.50 bits per heavy atom. The fourth-order valence-electron chi connectivity index (χ4n) is 3.40. The maximum absolute atomic E-state index is 4.50. The maximum atomic E-state index is 4.50. The van der Waals surface area contributed by atoms with Gasteiger partial charge in [0.15, 0.2) is 0 Å². The number of hydrogen-bond donors (Lipinski definition) is 1. The molecule has 1 heterocycles. The normalized spacial score (nSPS) is 18.6. The lowest BCUT2D eigenvalue weighted by molar-refractivity contribution is 0.283. The first-order valence-corrected chi connectivity index (χ1v) is 8.10. The number of aryl methyl sites for hydroxylation is 2. The van der Waals surface area contributed by atoms with Crippen LogP contribution in [0.3, 0.4) is 0 Å². The van der Waals surface area contributed by atoms with Crippen LogP contribution in [0.4, 0.5) is 0 Å². The zero-order valence-corrected chi connectivity index (χ0v) is 13.9. The molecule has 1 aromatic heterocycles. The molecular weight excluding hydrogens is 246 g/mol. The lowest BCUT2D eigenvalue weighted by Crippen LogP contribution is -2.41. The van der Waals surface area contributed by atoms with Gasteiger partial charge in [-0.2, -0.15) is 5.10 Å². The second-order valence-corrected chi connectivity index (χ2v) is 7.54. The molecule has 1 saturated carbocycles. The first kappa shape index (κ1) is 15.6. The Morgan fingerprint density at radius 1 is 1.35 bits per heavy atom. The molecule has 1 N–H and O–H groups in total. The standard InChI is InChI=1S/C17H31N3/c1-13-10-16(20(5)19-13)11-15(12-18-17(2,3)4)14-8-6-7-9-14/h10,14-15,18H,6-9,11-12H2,1-5H3. The van der Waals surface area contributed by atoms with Crippen molar-refractivity contribution < 1.29 is 0 Å². The molecule has 1 aromatic rings. The van der Waals surface area contributed by atoms with E-state index in [1.807, 2.05) is 0 Å². The van der Waals surface area contributed by atoms with Gasteiger partial charge in [-0.15, -0.1) is 0 Å². The van der Waals surface area contributed by atoms with Gasteiger partial charge in [0.05, 0.1) is 5.69 Å². The van der Waals surface area contributed by atoms with Crippen molar-refractivity contribution in [3.8, 4) is 0 Å². The van der Waals surface area contributed by atoms with Crippen LogP contribution in [-0.4, -0.2) is 21.9 Å². The van der Waals surface area contributed by atoms with Gasteiger partial charge in [0.2, 0.25) is 0 Å². The molecular formula is C17H31N3. The summed E-state index contributed by atoms with van der Waals surface area (Å²) in [5.74, 6) is 1.63. The van der Waals surface area contributed by atoms with Crippen LogP contribution in [0.1, 0.15) is 57.8 Å². The molecule has 0 aliphatic heterocycles. The molecule has 0 bridgehead atoms. The molecule has 1 aliphatic rings. The summed E-state index contributed by atoms with van der Waals surface area (Å²) >= 11 is 0. The average Bonchev–Trinajstić information content (AvgIpc) is 2.93. The summed E-state index contributed by atoms with van der Waals surface area (Å²) in [4.78, 5) is 0. The molecule has 3 nitrogen and oxygen atoms in total. The van der Waals surface area contributed by atoms with Crippen molar-refractivity contribution in [2.45, 2.75) is 65.3 Å². The van der Waals surface area contributed by atoms with Crippen molar-refractivity contribution >= 4 is 0 Å². The second kappa shape index (κ2) is 6.30. The summed E-state index contributed by atoms with van der Waals surface area (Å²) in [5, 5.41) is 8.21. The monoisotopic (exact) mass is 277 g/mol. The van der Waals surface area contributed by atoms with E-state index in [1.165, 1.54) is 31.4 Å². The van der Waals surface area contributed by atoms with Crippen LogP contribution < -0.4 is 5.32 Å². The fourth-order valence-corrected chi connectivity index (χ4v) is 3.40. The summed E-state index contributed by atoms with van der Waals surface area (Å²) < 4.78 is 2.06. The summed E-state index contributed by atoms with van der Waals surface area (Å²) in [6.07, 6.45) is 6.81. The highest BCUT2D eigenvalue weighted by Crippen LogP contribution is 2.33. The van der Waals surface area contributed by atoms with E-state index in [-0.39, 0.29) is 5.54 Å². The van der Waals surface area contributed by atoms with Gasteiger partial charge < -0.3 is 5.32 Å². The largest absolute Gasteiger partial charge is 0.312 e. The molecule has 1 atom stereocenters. The van der Waals surface area contributed by atoms with Crippen LogP contribution in [-0.2, 0) is 13.5 Å². The lowest BCUT2D eigenvalue weighted by atomic mass is 9.86. The highest BCUT2D eigenvalue weighted by atomic mass is 15.3. The molecule has 0 aromatic carbocycles. The predicted octanol–water partition coefficient (Wildman–Crippen LogP) is 3.47. The zero-order valence-electron chi connectivity index (χ0n) is 13.9.